The fraction of sp³-hybridized carbons (Fsp3) is 0.467. The first-order chi connectivity index (χ1) is 18.5. The Bertz CT molecular complexity index is 1380. The Morgan fingerprint density at radius 3 is 2.76 bits per heavy atom. The molecular weight excluding hydrogens is 482 g/mol. The normalized spacial score (nSPS) is 25.0. The van der Waals surface area contributed by atoms with Crippen molar-refractivity contribution in [2.24, 2.45) is 0 Å². The maximum atomic E-state index is 14.2. The zero-order valence-electron chi connectivity index (χ0n) is 22.3. The number of ether oxygens (including phenoxy) is 3. The fourth-order valence-electron chi connectivity index (χ4n) is 6.39. The van der Waals surface area contributed by atoms with Gasteiger partial charge in [0.2, 0.25) is 5.91 Å². The van der Waals surface area contributed by atoms with Gasteiger partial charge in [-0.3, -0.25) is 9.59 Å². The van der Waals surface area contributed by atoms with Gasteiger partial charge in [-0.15, -0.1) is 0 Å². The molecule has 200 valence electrons. The minimum Gasteiger partial charge on any atom is -0.493 e. The molecule has 1 aromatic heterocycles. The van der Waals surface area contributed by atoms with Crippen LogP contribution >= 0.6 is 0 Å². The lowest BCUT2D eigenvalue weighted by molar-refractivity contribution is -0.167. The number of hydrogen-bond donors (Lipinski definition) is 1. The van der Waals surface area contributed by atoms with Crippen LogP contribution < -0.4 is 9.47 Å². The van der Waals surface area contributed by atoms with Crippen molar-refractivity contribution in [3.63, 3.8) is 0 Å². The largest absolute Gasteiger partial charge is 0.493 e. The predicted octanol–water partition coefficient (Wildman–Crippen LogP) is 4.18. The summed E-state index contributed by atoms with van der Waals surface area (Å²) in [6.07, 6.45) is 2.79. The smallest absolute Gasteiger partial charge is 0.255 e. The van der Waals surface area contributed by atoms with Gasteiger partial charge in [0.05, 0.1) is 32.1 Å². The Morgan fingerprint density at radius 1 is 1.16 bits per heavy atom. The molecule has 0 radical (unpaired) electrons. The number of aromatic amines is 1. The van der Waals surface area contributed by atoms with Gasteiger partial charge in [0.15, 0.2) is 17.0 Å². The van der Waals surface area contributed by atoms with Gasteiger partial charge in [0.1, 0.15) is 0 Å². The van der Waals surface area contributed by atoms with Gasteiger partial charge in [-0.1, -0.05) is 31.2 Å². The first kappa shape index (κ1) is 24.8. The molecule has 0 saturated carbocycles. The molecule has 3 aliphatic heterocycles. The third-order valence-electron chi connectivity index (χ3n) is 8.32. The van der Waals surface area contributed by atoms with E-state index in [-0.39, 0.29) is 30.4 Å². The third-order valence-corrected chi connectivity index (χ3v) is 8.32. The van der Waals surface area contributed by atoms with Crippen LogP contribution in [-0.4, -0.2) is 72.7 Å². The van der Waals surface area contributed by atoms with Gasteiger partial charge < -0.3 is 29.0 Å². The molecule has 8 heteroatoms. The van der Waals surface area contributed by atoms with Crippen LogP contribution in [0, 0.1) is 0 Å². The van der Waals surface area contributed by atoms with E-state index in [0.29, 0.717) is 37.8 Å². The summed E-state index contributed by atoms with van der Waals surface area (Å²) in [7, 11) is 1.64. The van der Waals surface area contributed by atoms with Crippen LogP contribution in [0.5, 0.6) is 11.5 Å². The van der Waals surface area contributed by atoms with Crippen molar-refractivity contribution in [1.29, 1.82) is 0 Å². The highest BCUT2D eigenvalue weighted by Crippen LogP contribution is 2.49. The lowest BCUT2D eigenvalue weighted by Gasteiger charge is -2.51. The Labute approximate surface area is 222 Å². The summed E-state index contributed by atoms with van der Waals surface area (Å²) in [5.41, 5.74) is 2.70. The topological polar surface area (TPSA) is 84.1 Å². The molecule has 38 heavy (non-hydrogen) atoms. The van der Waals surface area contributed by atoms with E-state index in [9.17, 15) is 9.59 Å². The molecule has 3 aromatic rings. The lowest BCUT2D eigenvalue weighted by atomic mass is 9.76. The average molecular weight is 518 g/mol. The number of aromatic nitrogens is 1. The Hall–Kier alpha value is -3.52. The first-order valence-electron chi connectivity index (χ1n) is 13.6. The molecule has 3 aliphatic rings. The molecule has 2 amide bonds. The Balaban J connectivity index is 1.46. The van der Waals surface area contributed by atoms with Gasteiger partial charge in [-0.05, 0) is 55.5 Å². The Kier molecular flexibility index (Phi) is 6.30. The van der Waals surface area contributed by atoms with Gasteiger partial charge in [-0.2, -0.15) is 0 Å². The molecular formula is C30H35N3O5. The van der Waals surface area contributed by atoms with Crippen LogP contribution in [0.15, 0.2) is 42.5 Å². The molecule has 2 fully saturated rings. The second-order valence-corrected chi connectivity index (χ2v) is 10.7. The van der Waals surface area contributed by atoms with Crippen LogP contribution in [-0.2, 0) is 19.9 Å². The zero-order chi connectivity index (χ0) is 26.4. The summed E-state index contributed by atoms with van der Waals surface area (Å²) in [6.45, 7) is 6.20. The minimum atomic E-state index is -1.12. The second-order valence-electron chi connectivity index (χ2n) is 10.7. The minimum absolute atomic E-state index is 0.0127. The number of carbonyl (C=O) groups is 2. The highest BCUT2D eigenvalue weighted by atomic mass is 16.5. The number of nitrogens with zero attached hydrogens (tertiary/aromatic N) is 2. The number of H-pyrrole nitrogens is 1. The summed E-state index contributed by atoms with van der Waals surface area (Å²) in [5.74, 6) is 1.13. The number of para-hydroxylation sites is 1. The fourth-order valence-corrected chi connectivity index (χ4v) is 6.39. The molecule has 8 nitrogen and oxygen atoms in total. The Morgan fingerprint density at radius 2 is 2.00 bits per heavy atom. The number of methoxy groups -OCH3 is 1. The van der Waals surface area contributed by atoms with Crippen molar-refractivity contribution < 1.29 is 23.8 Å². The van der Waals surface area contributed by atoms with Crippen molar-refractivity contribution >= 4 is 22.7 Å². The summed E-state index contributed by atoms with van der Waals surface area (Å²) >= 11 is 0. The van der Waals surface area contributed by atoms with E-state index in [0.717, 1.165) is 47.0 Å². The van der Waals surface area contributed by atoms with E-state index >= 15 is 0 Å². The molecule has 2 aromatic carbocycles. The average Bonchev–Trinajstić information content (AvgIpc) is 3.59. The standard InChI is InChI=1S/C30H35N3O5/c1-4-13-38-24-12-11-19(15-25(24)36-3)22-17-33-26(34)18-32(16-20-8-7-14-37-20)29(35)30(33,2)28-27(22)21-9-5-6-10-23(21)31-28/h5-6,9-12,15,20,22,31H,4,7-8,13-14,16-18H2,1-3H3/t20-,22-,30+/m1/s1. The highest BCUT2D eigenvalue weighted by molar-refractivity contribution is 6.01. The molecule has 3 atom stereocenters. The molecule has 0 unspecified atom stereocenters. The van der Waals surface area contributed by atoms with E-state index in [2.05, 4.69) is 18.0 Å². The van der Waals surface area contributed by atoms with E-state index in [4.69, 9.17) is 14.2 Å². The van der Waals surface area contributed by atoms with Crippen LogP contribution in [0.25, 0.3) is 10.9 Å². The van der Waals surface area contributed by atoms with Crippen LogP contribution in [0.4, 0.5) is 0 Å². The first-order valence-corrected chi connectivity index (χ1v) is 13.6. The van der Waals surface area contributed by atoms with Crippen molar-refractivity contribution in [2.75, 3.05) is 40.0 Å². The van der Waals surface area contributed by atoms with Crippen LogP contribution in [0.3, 0.4) is 0 Å². The number of fused-ring (bicyclic) bond motifs is 5. The van der Waals surface area contributed by atoms with Gasteiger partial charge in [0, 0.05) is 36.5 Å². The highest BCUT2D eigenvalue weighted by Gasteiger charge is 2.56. The number of carbonyl (C=O) groups excluding carboxylic acids is 2. The van der Waals surface area contributed by atoms with E-state index in [1.54, 1.807) is 16.9 Å². The monoisotopic (exact) mass is 517 g/mol. The molecule has 2 saturated heterocycles. The third kappa shape index (κ3) is 3.85. The number of hydrogen-bond acceptors (Lipinski definition) is 5. The van der Waals surface area contributed by atoms with Crippen LogP contribution in [0.1, 0.15) is 55.8 Å². The predicted molar refractivity (Wildman–Crippen MR) is 144 cm³/mol. The zero-order valence-corrected chi connectivity index (χ0v) is 22.3. The van der Waals surface area contributed by atoms with E-state index in [1.165, 1.54) is 0 Å². The van der Waals surface area contributed by atoms with Gasteiger partial charge in [-0.25, -0.2) is 0 Å². The van der Waals surface area contributed by atoms with E-state index < -0.39 is 5.54 Å². The van der Waals surface area contributed by atoms with Gasteiger partial charge >= 0.3 is 0 Å². The maximum absolute atomic E-state index is 14.2. The number of amides is 2. The number of piperazine rings is 1. The number of benzene rings is 2. The van der Waals surface area contributed by atoms with Crippen molar-refractivity contribution in [3.8, 4) is 11.5 Å². The quantitative estimate of drug-likeness (QED) is 0.509. The number of nitrogens with one attached hydrogen (secondary N) is 1. The molecule has 1 N–H and O–H groups in total. The van der Waals surface area contributed by atoms with Crippen LogP contribution in [0.2, 0.25) is 0 Å². The molecule has 0 spiro atoms. The van der Waals surface area contributed by atoms with Crippen molar-refractivity contribution in [3.05, 3.63) is 59.3 Å². The van der Waals surface area contributed by atoms with E-state index in [1.807, 2.05) is 43.3 Å². The second kappa shape index (κ2) is 9.66. The maximum Gasteiger partial charge on any atom is 0.255 e. The summed E-state index contributed by atoms with van der Waals surface area (Å²) in [6, 6.07) is 14.1. The number of rotatable bonds is 7. The summed E-state index contributed by atoms with van der Waals surface area (Å²) in [5, 5.41) is 1.06. The molecule has 0 aliphatic carbocycles. The van der Waals surface area contributed by atoms with Crippen molar-refractivity contribution in [1.82, 2.24) is 14.8 Å². The van der Waals surface area contributed by atoms with Crippen molar-refractivity contribution in [2.45, 2.75) is 50.7 Å². The van der Waals surface area contributed by atoms with Gasteiger partial charge in [0.25, 0.3) is 5.91 Å². The SMILES string of the molecule is CCCOc1ccc([C@H]2CN3C(=O)CN(C[C@H]4CCCO4)C(=O)[C@]3(C)c3[nH]c4ccccc4c32)cc1OC. The molecule has 6 rings (SSSR count). The molecule has 0 bridgehead atoms. The summed E-state index contributed by atoms with van der Waals surface area (Å²) in [4.78, 5) is 34.9. The molecule has 4 heterocycles. The lowest BCUT2D eigenvalue weighted by Crippen LogP contribution is -2.68. The summed E-state index contributed by atoms with van der Waals surface area (Å²) < 4.78 is 17.4.